The number of aliphatic carboxylic acids is 1. The fourth-order valence-corrected chi connectivity index (χ4v) is 1.08. The van der Waals surface area contributed by atoms with Gasteiger partial charge in [0.1, 0.15) is 0 Å². The van der Waals surface area contributed by atoms with Crippen molar-refractivity contribution >= 4 is 5.97 Å². The summed E-state index contributed by atoms with van der Waals surface area (Å²) in [6.45, 7) is 4.72. The van der Waals surface area contributed by atoms with E-state index in [9.17, 15) is 4.79 Å². The highest BCUT2D eigenvalue weighted by molar-refractivity contribution is 5.67. The lowest BCUT2D eigenvalue weighted by Gasteiger charge is -2.10. The fourth-order valence-electron chi connectivity index (χ4n) is 1.08. The number of carboxylic acid groups (broad SMARTS) is 1. The van der Waals surface area contributed by atoms with Gasteiger partial charge in [-0.2, -0.15) is 0 Å². The highest BCUT2D eigenvalue weighted by atomic mass is 16.6. The normalized spacial score (nSPS) is 12.6. The van der Waals surface area contributed by atoms with Crippen molar-refractivity contribution in [2.45, 2.75) is 19.4 Å². The van der Waals surface area contributed by atoms with Gasteiger partial charge in [0.2, 0.25) is 0 Å². The number of carbonyl (C=O) groups is 1. The van der Waals surface area contributed by atoms with Crippen LogP contribution in [0.3, 0.4) is 0 Å². The van der Waals surface area contributed by atoms with E-state index in [4.69, 9.17) is 24.1 Å². The van der Waals surface area contributed by atoms with Crippen LogP contribution in [0.25, 0.3) is 0 Å². The minimum atomic E-state index is -0.857. The first-order valence-corrected chi connectivity index (χ1v) is 5.64. The maximum Gasteiger partial charge on any atom is 0.305 e. The van der Waals surface area contributed by atoms with Gasteiger partial charge in [-0.25, -0.2) is 0 Å². The largest absolute Gasteiger partial charge is 0.481 e. The Labute approximate surface area is 102 Å². The Hall–Kier alpha value is -0.690. The third kappa shape index (κ3) is 13.2. The van der Waals surface area contributed by atoms with E-state index < -0.39 is 5.97 Å². The molecule has 0 saturated carbocycles. The van der Waals surface area contributed by atoms with Crippen molar-refractivity contribution in [3.05, 3.63) is 0 Å². The summed E-state index contributed by atoms with van der Waals surface area (Å²) in [4.78, 5) is 10.3. The summed E-state index contributed by atoms with van der Waals surface area (Å²) in [6, 6.07) is 0. The van der Waals surface area contributed by atoms with Crippen LogP contribution in [-0.2, 0) is 23.7 Å². The van der Waals surface area contributed by atoms with Gasteiger partial charge < -0.3 is 24.1 Å². The summed E-state index contributed by atoms with van der Waals surface area (Å²) in [6.07, 6.45) is -0.269. The molecule has 17 heavy (non-hydrogen) atoms. The summed E-state index contributed by atoms with van der Waals surface area (Å²) in [7, 11) is 1.62. The summed E-state index contributed by atoms with van der Waals surface area (Å²) in [5.41, 5.74) is 0. The third-order valence-corrected chi connectivity index (χ3v) is 1.90. The van der Waals surface area contributed by atoms with Crippen molar-refractivity contribution in [1.29, 1.82) is 0 Å². The molecule has 0 aromatic rings. The molecule has 0 fully saturated rings. The lowest BCUT2D eigenvalue weighted by atomic mass is 10.3. The van der Waals surface area contributed by atoms with E-state index in [1.165, 1.54) is 0 Å². The first-order valence-electron chi connectivity index (χ1n) is 5.64. The molecule has 0 bridgehead atoms. The van der Waals surface area contributed by atoms with Gasteiger partial charge in [-0.1, -0.05) is 0 Å². The molecule has 0 aromatic carbocycles. The quantitative estimate of drug-likeness (QED) is 0.510. The molecule has 0 heterocycles. The smallest absolute Gasteiger partial charge is 0.305 e. The molecule has 6 heteroatoms. The van der Waals surface area contributed by atoms with E-state index in [1.807, 2.05) is 0 Å². The molecule has 1 N–H and O–H groups in total. The van der Waals surface area contributed by atoms with E-state index in [0.29, 0.717) is 39.6 Å². The second-order valence-corrected chi connectivity index (χ2v) is 3.50. The van der Waals surface area contributed by atoms with Gasteiger partial charge in [0, 0.05) is 7.11 Å². The first-order chi connectivity index (χ1) is 8.16. The van der Waals surface area contributed by atoms with E-state index >= 15 is 0 Å². The van der Waals surface area contributed by atoms with Crippen LogP contribution < -0.4 is 0 Å². The van der Waals surface area contributed by atoms with Gasteiger partial charge in [-0.3, -0.25) is 4.79 Å². The van der Waals surface area contributed by atoms with Crippen LogP contribution in [0.15, 0.2) is 0 Å². The summed E-state index contributed by atoms with van der Waals surface area (Å²) >= 11 is 0. The Balaban J connectivity index is 3.10. The van der Waals surface area contributed by atoms with Crippen molar-refractivity contribution in [1.82, 2.24) is 0 Å². The standard InChI is InChI=1S/C11H22O6/c1-10(9-11(12)13)17-8-7-16-6-5-15-4-3-14-2/h10H,3-9H2,1-2H3,(H,12,13)/t10-/m0/s1. The molecular formula is C11H22O6. The highest BCUT2D eigenvalue weighted by Crippen LogP contribution is 1.96. The molecule has 0 aliphatic heterocycles. The molecule has 0 aliphatic carbocycles. The molecular weight excluding hydrogens is 228 g/mol. The molecule has 0 radical (unpaired) electrons. The van der Waals surface area contributed by atoms with Gasteiger partial charge >= 0.3 is 5.97 Å². The Kier molecular flexibility index (Phi) is 11.3. The van der Waals surface area contributed by atoms with Crippen molar-refractivity contribution in [2.75, 3.05) is 46.8 Å². The number of methoxy groups -OCH3 is 1. The van der Waals surface area contributed by atoms with Crippen molar-refractivity contribution < 1.29 is 28.8 Å². The third-order valence-electron chi connectivity index (χ3n) is 1.90. The van der Waals surface area contributed by atoms with Gasteiger partial charge in [0.05, 0.1) is 52.2 Å². The molecule has 1 atom stereocenters. The van der Waals surface area contributed by atoms with Crippen LogP contribution >= 0.6 is 0 Å². The van der Waals surface area contributed by atoms with E-state index in [1.54, 1.807) is 14.0 Å². The molecule has 6 nitrogen and oxygen atoms in total. The fraction of sp³-hybridized carbons (Fsp3) is 0.909. The van der Waals surface area contributed by atoms with Crippen molar-refractivity contribution in [2.24, 2.45) is 0 Å². The minimum Gasteiger partial charge on any atom is -0.481 e. The van der Waals surface area contributed by atoms with Crippen LogP contribution in [0.5, 0.6) is 0 Å². The Morgan fingerprint density at radius 1 is 1.06 bits per heavy atom. The maximum absolute atomic E-state index is 10.3. The number of ether oxygens (including phenoxy) is 4. The second-order valence-electron chi connectivity index (χ2n) is 3.50. The zero-order valence-electron chi connectivity index (χ0n) is 10.5. The Bertz CT molecular complexity index is 185. The van der Waals surface area contributed by atoms with E-state index in [2.05, 4.69) is 0 Å². The van der Waals surface area contributed by atoms with Gasteiger partial charge in [0.25, 0.3) is 0 Å². The molecule has 0 spiro atoms. The van der Waals surface area contributed by atoms with Gasteiger partial charge in [-0.05, 0) is 6.92 Å². The predicted octanol–water partition coefficient (Wildman–Crippen LogP) is 0.546. The monoisotopic (exact) mass is 250 g/mol. The second kappa shape index (κ2) is 11.8. The number of carboxylic acids is 1. The number of hydrogen-bond donors (Lipinski definition) is 1. The molecule has 102 valence electrons. The summed E-state index contributed by atoms with van der Waals surface area (Å²) in [5.74, 6) is -0.857. The van der Waals surface area contributed by atoms with Crippen LogP contribution in [0.1, 0.15) is 13.3 Å². The average Bonchev–Trinajstić information content (AvgIpc) is 2.26. The molecule has 0 amide bonds. The van der Waals surface area contributed by atoms with E-state index in [-0.39, 0.29) is 12.5 Å². The molecule has 0 aromatic heterocycles. The molecule has 0 unspecified atom stereocenters. The highest BCUT2D eigenvalue weighted by Gasteiger charge is 2.06. The van der Waals surface area contributed by atoms with E-state index in [0.717, 1.165) is 0 Å². The van der Waals surface area contributed by atoms with Crippen LogP contribution in [0.4, 0.5) is 0 Å². The average molecular weight is 250 g/mol. The number of hydrogen-bond acceptors (Lipinski definition) is 5. The molecule has 0 rings (SSSR count). The summed E-state index contributed by atoms with van der Waals surface area (Å²) < 4.78 is 20.5. The Morgan fingerprint density at radius 3 is 2.12 bits per heavy atom. The zero-order chi connectivity index (χ0) is 12.9. The van der Waals surface area contributed by atoms with Crippen molar-refractivity contribution in [3.8, 4) is 0 Å². The van der Waals surface area contributed by atoms with Crippen molar-refractivity contribution in [3.63, 3.8) is 0 Å². The minimum absolute atomic E-state index is 0.0140. The van der Waals surface area contributed by atoms with Crippen LogP contribution in [0.2, 0.25) is 0 Å². The topological polar surface area (TPSA) is 74.2 Å². The SMILES string of the molecule is COCCOCCOCCO[C@@H](C)CC(=O)O. The predicted molar refractivity (Wildman–Crippen MR) is 61.2 cm³/mol. The van der Waals surface area contributed by atoms with Gasteiger partial charge in [-0.15, -0.1) is 0 Å². The van der Waals surface area contributed by atoms with Crippen LogP contribution in [-0.4, -0.2) is 63.9 Å². The number of rotatable bonds is 12. The lowest BCUT2D eigenvalue weighted by Crippen LogP contribution is -2.17. The Morgan fingerprint density at radius 2 is 1.59 bits per heavy atom. The lowest BCUT2D eigenvalue weighted by molar-refractivity contribution is -0.140. The molecule has 0 aliphatic rings. The summed E-state index contributed by atoms with van der Waals surface area (Å²) in [5, 5.41) is 8.49. The van der Waals surface area contributed by atoms with Crippen LogP contribution in [0, 0.1) is 0 Å². The molecule has 0 saturated heterocycles. The first kappa shape index (κ1) is 16.3. The zero-order valence-corrected chi connectivity index (χ0v) is 10.5. The van der Waals surface area contributed by atoms with Gasteiger partial charge in [0.15, 0.2) is 0 Å². The maximum atomic E-state index is 10.3.